The number of nitriles is 1. The molecule has 0 N–H and O–H groups in total. The lowest BCUT2D eigenvalue weighted by Gasteiger charge is -2.54. The van der Waals surface area contributed by atoms with Crippen LogP contribution in [0.4, 0.5) is 0 Å². The van der Waals surface area contributed by atoms with Gasteiger partial charge in [0.2, 0.25) is 5.91 Å². The molecule has 1 aromatic heterocycles. The number of hydrogen-bond donors (Lipinski definition) is 0. The van der Waals surface area contributed by atoms with Crippen molar-refractivity contribution in [3.8, 4) is 11.8 Å². The SMILES string of the molecule is COc1ccc(COC(=O)C(N2C(=O)[C@H]([C@@H](C)O[Si](C)(C)C(C)(C)C)[C@H]2[C@H](CC#N)C(=O)CSc2ccncc2)=P(c2ccccc2)(c2ccccc2)c2ccccc2)cc1. The molecule has 1 aliphatic heterocycles. The molecule has 1 amide bonds. The highest BCUT2D eigenvalue weighted by atomic mass is 32.2. The molecule has 4 aromatic carbocycles. The van der Waals surface area contributed by atoms with E-state index in [1.54, 1.807) is 36.5 Å². The van der Waals surface area contributed by atoms with Crippen molar-refractivity contribution in [2.24, 2.45) is 11.8 Å². The highest BCUT2D eigenvalue weighted by Crippen LogP contribution is 2.51. The number of carbonyl (C=O) groups is 3. The standard InChI is InChI=1S/C49H54N3O6PSSi/c1-35(58-61(6,7)49(2,3)4)44-45(42(27-30-50)43(53)34-60-41-28-31-51-32-29-41)52(46(44)54)47(48(55)57-33-36-23-25-37(56-5)26-24-36)59(38-17-11-8-12-18-38,39-19-13-9-14-20-39)40-21-15-10-16-22-40/h8-26,28-29,31-32,35,42,44-45H,27,33-34H2,1-7H3/t35-,42-,44-,45-/m1/s1. The summed E-state index contributed by atoms with van der Waals surface area (Å²) in [5.74, 6) is -2.33. The summed E-state index contributed by atoms with van der Waals surface area (Å²) in [6.07, 6.45) is 2.53. The summed E-state index contributed by atoms with van der Waals surface area (Å²) in [5, 5.41) is 12.7. The largest absolute Gasteiger partial charge is 0.497 e. The molecule has 12 heteroatoms. The van der Waals surface area contributed by atoms with Gasteiger partial charge in [-0.3, -0.25) is 14.6 Å². The van der Waals surface area contributed by atoms with E-state index in [0.717, 1.165) is 26.4 Å². The molecule has 9 nitrogen and oxygen atoms in total. The third kappa shape index (κ3) is 9.64. The number of Topliss-reactive ketones (excluding diaryl/α,β-unsaturated/α-hetero) is 1. The summed E-state index contributed by atoms with van der Waals surface area (Å²) in [6, 6.07) is 41.6. The first kappa shape index (κ1) is 45.3. The molecule has 0 aliphatic carbocycles. The second kappa shape index (κ2) is 19.6. The summed E-state index contributed by atoms with van der Waals surface area (Å²) < 4.78 is 18.7. The third-order valence-corrected chi connectivity index (χ3v) is 21.7. The number of β-lactam (4-membered cyclic amide) rings is 1. The average Bonchev–Trinajstić information content (AvgIpc) is 3.26. The number of benzene rings is 4. The maximum Gasteiger partial charge on any atom is 0.356 e. The number of aromatic nitrogens is 1. The van der Waals surface area contributed by atoms with Crippen LogP contribution in [0.2, 0.25) is 18.1 Å². The zero-order valence-corrected chi connectivity index (χ0v) is 38.6. The van der Waals surface area contributed by atoms with Crippen molar-refractivity contribution in [2.45, 2.75) is 75.9 Å². The number of esters is 1. The van der Waals surface area contributed by atoms with Gasteiger partial charge in [0.15, 0.2) is 8.32 Å². The highest BCUT2D eigenvalue weighted by Gasteiger charge is 2.60. The van der Waals surface area contributed by atoms with Gasteiger partial charge in [-0.15, -0.1) is 11.8 Å². The Balaban J connectivity index is 1.64. The summed E-state index contributed by atoms with van der Waals surface area (Å²) in [7, 11) is -0.878. The van der Waals surface area contributed by atoms with Crippen LogP contribution in [0.5, 0.6) is 5.75 Å². The van der Waals surface area contributed by atoms with Gasteiger partial charge in [-0.2, -0.15) is 5.26 Å². The van der Waals surface area contributed by atoms with Crippen LogP contribution in [0.1, 0.15) is 39.7 Å². The number of pyridine rings is 1. The fourth-order valence-electron chi connectivity index (χ4n) is 7.72. The first-order chi connectivity index (χ1) is 29.2. The van der Waals surface area contributed by atoms with E-state index >= 15 is 9.59 Å². The number of likely N-dealkylation sites (tertiary alicyclic amines) is 1. The molecule has 0 radical (unpaired) electrons. The molecule has 1 saturated heterocycles. The first-order valence-corrected chi connectivity index (χ1v) is 26.1. The zero-order chi connectivity index (χ0) is 43.8. The number of ether oxygens (including phenoxy) is 2. The van der Waals surface area contributed by atoms with Crippen molar-refractivity contribution in [3.05, 3.63) is 145 Å². The van der Waals surface area contributed by atoms with Crippen LogP contribution >= 0.6 is 18.6 Å². The number of ketones is 1. The van der Waals surface area contributed by atoms with Crippen LogP contribution in [-0.4, -0.2) is 66.3 Å². The van der Waals surface area contributed by atoms with Crippen LogP contribution in [0.3, 0.4) is 0 Å². The van der Waals surface area contributed by atoms with E-state index in [9.17, 15) is 10.1 Å². The molecular weight excluding hydrogens is 818 g/mol. The number of carbonyl (C=O) groups excluding carboxylic acids is 3. The Morgan fingerprint density at radius 1 is 0.852 bits per heavy atom. The van der Waals surface area contributed by atoms with Crippen molar-refractivity contribution in [3.63, 3.8) is 0 Å². The van der Waals surface area contributed by atoms with Gasteiger partial charge in [0, 0.05) is 30.6 Å². The van der Waals surface area contributed by atoms with Crippen molar-refractivity contribution in [1.82, 2.24) is 9.88 Å². The number of methoxy groups -OCH3 is 1. The Bertz CT molecular complexity index is 2280. The fourth-order valence-corrected chi connectivity index (χ4v) is 14.4. The lowest BCUT2D eigenvalue weighted by molar-refractivity contribution is -0.161. The van der Waals surface area contributed by atoms with Crippen LogP contribution in [0.15, 0.2) is 145 Å². The second-order valence-corrected chi connectivity index (χ2v) is 25.8. The Morgan fingerprint density at radius 2 is 1.38 bits per heavy atom. The van der Waals surface area contributed by atoms with Gasteiger partial charge in [0.25, 0.3) is 0 Å². The van der Waals surface area contributed by atoms with Crippen molar-refractivity contribution < 1.29 is 28.3 Å². The molecule has 1 aliphatic rings. The van der Waals surface area contributed by atoms with Gasteiger partial charge in [-0.05, 0) is 70.8 Å². The smallest absolute Gasteiger partial charge is 0.356 e. The predicted octanol–water partition coefficient (Wildman–Crippen LogP) is 8.39. The van der Waals surface area contributed by atoms with E-state index in [1.807, 2.05) is 122 Å². The molecule has 0 spiro atoms. The molecule has 2 heterocycles. The molecule has 0 unspecified atom stereocenters. The van der Waals surface area contributed by atoms with Crippen molar-refractivity contribution in [2.75, 3.05) is 12.9 Å². The molecule has 6 rings (SSSR count). The Hall–Kier alpha value is -5.24. The minimum Gasteiger partial charge on any atom is -0.497 e. The van der Waals surface area contributed by atoms with Gasteiger partial charge in [-0.1, -0.05) is 124 Å². The minimum absolute atomic E-state index is 0.0483. The molecule has 4 atom stereocenters. The van der Waals surface area contributed by atoms with E-state index < -0.39 is 45.2 Å². The molecular formula is C49H54N3O6PSSi. The maximum atomic E-state index is 15.6. The number of rotatable bonds is 17. The Labute approximate surface area is 365 Å². The van der Waals surface area contributed by atoms with Gasteiger partial charge < -0.3 is 18.8 Å². The topological polar surface area (TPSA) is 119 Å². The van der Waals surface area contributed by atoms with Gasteiger partial charge >= 0.3 is 5.97 Å². The number of hydrogen-bond acceptors (Lipinski definition) is 9. The van der Waals surface area contributed by atoms with Crippen LogP contribution in [0.25, 0.3) is 0 Å². The van der Waals surface area contributed by atoms with Gasteiger partial charge in [-0.25, -0.2) is 4.79 Å². The minimum atomic E-state index is -3.34. The quantitative estimate of drug-likeness (QED) is 0.0299. The van der Waals surface area contributed by atoms with E-state index in [0.29, 0.717) is 5.75 Å². The highest BCUT2D eigenvalue weighted by molar-refractivity contribution is 8.00. The molecule has 0 bridgehead atoms. The predicted molar refractivity (Wildman–Crippen MR) is 249 cm³/mol. The van der Waals surface area contributed by atoms with Crippen molar-refractivity contribution in [1.29, 1.82) is 5.26 Å². The zero-order valence-electron chi connectivity index (χ0n) is 35.9. The van der Waals surface area contributed by atoms with E-state index in [4.69, 9.17) is 13.9 Å². The third-order valence-electron chi connectivity index (χ3n) is 11.8. The van der Waals surface area contributed by atoms with E-state index in [1.165, 1.54) is 11.8 Å². The number of thioether (sulfide) groups is 1. The normalized spacial score (nSPS) is 16.4. The van der Waals surface area contributed by atoms with Gasteiger partial charge in [0.1, 0.15) is 23.6 Å². The Morgan fingerprint density at radius 3 is 1.85 bits per heavy atom. The monoisotopic (exact) mass is 871 g/mol. The fraction of sp³-hybridized carbons (Fsp3) is 0.306. The second-order valence-electron chi connectivity index (χ2n) is 16.6. The van der Waals surface area contributed by atoms with Crippen LogP contribution in [-0.2, 0) is 30.2 Å². The lowest BCUT2D eigenvalue weighted by Crippen LogP contribution is -2.72. The average molecular weight is 872 g/mol. The van der Waals surface area contributed by atoms with Crippen molar-refractivity contribution >= 4 is 66.0 Å². The molecule has 61 heavy (non-hydrogen) atoms. The lowest BCUT2D eigenvalue weighted by atomic mass is 9.73. The van der Waals surface area contributed by atoms with Crippen LogP contribution < -0.4 is 20.7 Å². The summed E-state index contributed by atoms with van der Waals surface area (Å²) in [4.78, 5) is 52.4. The number of nitrogens with zero attached hydrogens (tertiary/aromatic N) is 3. The maximum absolute atomic E-state index is 15.6. The summed E-state index contributed by atoms with van der Waals surface area (Å²) in [6.45, 7) is 9.15. The molecule has 5 aromatic rings. The summed E-state index contributed by atoms with van der Waals surface area (Å²) in [5.41, 5.74) is 0.871. The number of amides is 1. The molecule has 1 fully saturated rings. The molecule has 0 saturated carbocycles. The molecule has 316 valence electrons. The van der Waals surface area contributed by atoms with E-state index in [2.05, 4.69) is 44.9 Å². The van der Waals surface area contributed by atoms with E-state index in [-0.39, 0.29) is 40.9 Å². The van der Waals surface area contributed by atoms with Crippen LogP contribution in [0, 0.1) is 23.2 Å². The van der Waals surface area contributed by atoms with Gasteiger partial charge in [0.05, 0.1) is 42.9 Å². The summed E-state index contributed by atoms with van der Waals surface area (Å²) >= 11 is 1.35. The first-order valence-electron chi connectivity index (χ1n) is 20.4. The Kier molecular flexibility index (Phi) is 14.6.